The zero-order chi connectivity index (χ0) is 29.7. The largest absolute Gasteiger partial charge is 0.480 e. The van der Waals surface area contributed by atoms with Crippen molar-refractivity contribution >= 4 is 18.0 Å². The lowest BCUT2D eigenvalue weighted by Gasteiger charge is -2.19. The third-order valence-corrected chi connectivity index (χ3v) is 4.17. The van der Waals surface area contributed by atoms with E-state index in [1.807, 2.05) is 0 Å². The molecule has 0 unspecified atom stereocenters. The summed E-state index contributed by atoms with van der Waals surface area (Å²) in [5.41, 5.74) is -0.519. The van der Waals surface area contributed by atoms with Gasteiger partial charge < -0.3 is 58.4 Å². The van der Waals surface area contributed by atoms with Crippen LogP contribution in [0.25, 0.3) is 0 Å². The molecule has 0 heterocycles. The molecule has 2 amide bonds. The van der Waals surface area contributed by atoms with Crippen molar-refractivity contribution < 1.29 is 62.1 Å². The molecule has 3 N–H and O–H groups in total. The van der Waals surface area contributed by atoms with Crippen LogP contribution < -0.4 is 10.6 Å². The van der Waals surface area contributed by atoms with E-state index in [1.165, 1.54) is 0 Å². The van der Waals surface area contributed by atoms with Gasteiger partial charge in [0.2, 0.25) is 5.91 Å². The number of nitrogens with one attached hydrogen (secondary N) is 2. The van der Waals surface area contributed by atoms with Gasteiger partial charge in [0, 0.05) is 13.1 Å². The van der Waals surface area contributed by atoms with Gasteiger partial charge in [-0.2, -0.15) is 0 Å². The van der Waals surface area contributed by atoms with Crippen molar-refractivity contribution in [3.05, 3.63) is 0 Å². The summed E-state index contributed by atoms with van der Waals surface area (Å²) in [6.07, 6.45) is -0.463. The van der Waals surface area contributed by atoms with Crippen LogP contribution in [0.4, 0.5) is 4.79 Å². The molecule has 0 aliphatic carbocycles. The van der Waals surface area contributed by atoms with E-state index in [-0.39, 0.29) is 6.61 Å². The molecule has 0 aliphatic rings. The van der Waals surface area contributed by atoms with E-state index >= 15 is 0 Å². The minimum Gasteiger partial charge on any atom is -0.480 e. The summed E-state index contributed by atoms with van der Waals surface area (Å²) in [6, 6.07) is 0. The van der Waals surface area contributed by atoms with Gasteiger partial charge >= 0.3 is 12.1 Å². The molecule has 236 valence electrons. The topological polar surface area (TPSA) is 179 Å². The van der Waals surface area contributed by atoms with Gasteiger partial charge in [-0.3, -0.25) is 4.79 Å². The first-order chi connectivity index (χ1) is 19.2. The third-order valence-electron chi connectivity index (χ3n) is 4.17. The second-order valence-electron chi connectivity index (χ2n) is 8.95. The molecule has 15 heteroatoms. The van der Waals surface area contributed by atoms with Crippen LogP contribution >= 0.6 is 0 Å². The highest BCUT2D eigenvalue weighted by Gasteiger charge is 2.15. The Bertz CT molecular complexity index is 632. The maximum Gasteiger partial charge on any atom is 0.407 e. The third kappa shape index (κ3) is 32.1. The number of amides is 2. The fourth-order valence-corrected chi connectivity index (χ4v) is 2.51. The van der Waals surface area contributed by atoms with E-state index in [2.05, 4.69) is 15.4 Å². The van der Waals surface area contributed by atoms with Crippen LogP contribution in [-0.4, -0.2) is 147 Å². The van der Waals surface area contributed by atoms with E-state index in [1.54, 1.807) is 20.8 Å². The molecule has 15 nitrogen and oxygen atoms in total. The molecule has 0 saturated heterocycles. The highest BCUT2D eigenvalue weighted by Crippen LogP contribution is 2.06. The molecule has 0 fully saturated rings. The maximum atomic E-state index is 11.5. The minimum atomic E-state index is -1.13. The number of carboxylic acid groups (broad SMARTS) is 1. The summed E-state index contributed by atoms with van der Waals surface area (Å²) < 4.78 is 47.5. The molecule has 0 aromatic rings. The van der Waals surface area contributed by atoms with Gasteiger partial charge in [-0.1, -0.05) is 0 Å². The molecule has 0 aliphatic heterocycles. The fraction of sp³-hybridized carbons (Fsp3) is 0.880. The normalized spacial score (nSPS) is 11.4. The van der Waals surface area contributed by atoms with Crippen LogP contribution in [0.5, 0.6) is 0 Å². The Kier molecular flexibility index (Phi) is 25.7. The van der Waals surface area contributed by atoms with E-state index < -0.39 is 30.2 Å². The number of hydrogen-bond donors (Lipinski definition) is 3. The zero-order valence-corrected chi connectivity index (χ0v) is 24.1. The Morgan fingerprint density at radius 2 is 0.875 bits per heavy atom. The second-order valence-corrected chi connectivity index (χ2v) is 8.95. The fourth-order valence-electron chi connectivity index (χ4n) is 2.51. The first-order valence-corrected chi connectivity index (χ1v) is 13.3. The first-order valence-electron chi connectivity index (χ1n) is 13.3. The second kappa shape index (κ2) is 27.1. The highest BCUT2D eigenvalue weighted by atomic mass is 16.6. The average Bonchev–Trinajstić information content (AvgIpc) is 2.87. The Labute approximate surface area is 236 Å². The predicted octanol–water partition coefficient (Wildman–Crippen LogP) is -0.155. The number of hydrogen-bond acceptors (Lipinski definition) is 12. The zero-order valence-electron chi connectivity index (χ0n) is 24.1. The average molecular weight is 585 g/mol. The summed E-state index contributed by atoms with van der Waals surface area (Å²) in [7, 11) is 0. The number of alkyl carbamates (subject to hydrolysis) is 1. The summed E-state index contributed by atoms with van der Waals surface area (Å²) in [6.45, 7) is 11.2. The smallest absolute Gasteiger partial charge is 0.407 e. The standard InChI is InChI=1S/C25H48N2O13/c1-25(2,3)40-24(31)27-5-7-33-9-11-35-13-15-37-17-19-38-18-16-36-14-12-34-10-8-32-6-4-26-22(28)20-39-21-23(29)30/h4-21H2,1-3H3,(H,26,28)(H,27,31)(H,29,30). The van der Waals surface area contributed by atoms with Gasteiger partial charge in [-0.15, -0.1) is 0 Å². The molecular weight excluding hydrogens is 536 g/mol. The van der Waals surface area contributed by atoms with Crippen molar-refractivity contribution in [3.8, 4) is 0 Å². The summed E-state index contributed by atoms with van der Waals surface area (Å²) in [5.74, 6) is -1.53. The summed E-state index contributed by atoms with van der Waals surface area (Å²) in [4.78, 5) is 33.0. The van der Waals surface area contributed by atoms with Gasteiger partial charge in [-0.25, -0.2) is 9.59 Å². The SMILES string of the molecule is CC(C)(C)OC(=O)NCCOCCOCCOCCOCCOCCOCCOCCNC(=O)COCC(=O)O. The maximum absolute atomic E-state index is 11.5. The molecule has 0 radical (unpaired) electrons. The van der Waals surface area contributed by atoms with E-state index in [4.69, 9.17) is 43.0 Å². The molecule has 0 saturated carbocycles. The van der Waals surface area contributed by atoms with Crippen molar-refractivity contribution in [1.82, 2.24) is 10.6 Å². The Morgan fingerprint density at radius 3 is 1.23 bits per heavy atom. The summed E-state index contributed by atoms with van der Waals surface area (Å²) in [5, 5.41) is 13.6. The van der Waals surface area contributed by atoms with E-state index in [9.17, 15) is 14.4 Å². The lowest BCUT2D eigenvalue weighted by molar-refractivity contribution is -0.143. The summed E-state index contributed by atoms with van der Waals surface area (Å²) >= 11 is 0. The highest BCUT2D eigenvalue weighted by molar-refractivity contribution is 5.77. The first kappa shape index (κ1) is 37.9. The van der Waals surface area contributed by atoms with Crippen LogP contribution in [0, 0.1) is 0 Å². The predicted molar refractivity (Wildman–Crippen MR) is 141 cm³/mol. The monoisotopic (exact) mass is 584 g/mol. The van der Waals surface area contributed by atoms with E-state index in [0.717, 1.165) is 0 Å². The van der Waals surface area contributed by atoms with Crippen molar-refractivity contribution in [1.29, 1.82) is 0 Å². The quantitative estimate of drug-likeness (QED) is 0.103. The van der Waals surface area contributed by atoms with Crippen LogP contribution in [0.15, 0.2) is 0 Å². The van der Waals surface area contributed by atoms with Crippen LogP contribution in [-0.2, 0) is 52.2 Å². The number of carbonyl (C=O) groups is 3. The van der Waals surface area contributed by atoms with Crippen molar-refractivity contribution in [3.63, 3.8) is 0 Å². The van der Waals surface area contributed by atoms with Crippen molar-refractivity contribution in [2.75, 3.05) is 119 Å². The minimum absolute atomic E-state index is 0.297. The van der Waals surface area contributed by atoms with Gasteiger partial charge in [0.1, 0.15) is 18.8 Å². The van der Waals surface area contributed by atoms with Gasteiger partial charge in [0.05, 0.1) is 92.5 Å². The Morgan fingerprint density at radius 1 is 0.525 bits per heavy atom. The van der Waals surface area contributed by atoms with Crippen molar-refractivity contribution in [2.45, 2.75) is 26.4 Å². The molecule has 0 spiro atoms. The van der Waals surface area contributed by atoms with Crippen LogP contribution in [0.1, 0.15) is 20.8 Å². The van der Waals surface area contributed by atoms with Gasteiger partial charge in [0.25, 0.3) is 0 Å². The number of rotatable bonds is 28. The van der Waals surface area contributed by atoms with Crippen LogP contribution in [0.3, 0.4) is 0 Å². The van der Waals surface area contributed by atoms with Gasteiger partial charge in [-0.05, 0) is 20.8 Å². The molecular formula is C25H48N2O13. The van der Waals surface area contributed by atoms with E-state index in [0.29, 0.717) is 106 Å². The van der Waals surface area contributed by atoms with Crippen LogP contribution in [0.2, 0.25) is 0 Å². The molecule has 0 aromatic carbocycles. The number of carbonyl (C=O) groups excluding carboxylic acids is 2. The van der Waals surface area contributed by atoms with Crippen molar-refractivity contribution in [2.24, 2.45) is 0 Å². The Balaban J connectivity index is 3.16. The molecule has 0 atom stereocenters. The lowest BCUT2D eigenvalue weighted by Crippen LogP contribution is -2.34. The number of ether oxygens (including phenoxy) is 9. The molecule has 0 bridgehead atoms. The molecule has 0 aromatic heterocycles. The lowest BCUT2D eigenvalue weighted by atomic mass is 10.2. The molecule has 0 rings (SSSR count). The number of aliphatic carboxylic acids is 1. The van der Waals surface area contributed by atoms with Gasteiger partial charge in [0.15, 0.2) is 0 Å². The Hall–Kier alpha value is -2.11. The number of carboxylic acids is 1. The molecule has 40 heavy (non-hydrogen) atoms.